The normalized spacial score (nSPS) is 33.5. The average Bonchev–Trinajstić information content (AvgIpc) is 3.39. The van der Waals surface area contributed by atoms with Gasteiger partial charge in [-0.05, 0) is 56.8 Å². The minimum atomic E-state index is -0.416. The lowest BCUT2D eigenvalue weighted by molar-refractivity contribution is -0.194. The summed E-state index contributed by atoms with van der Waals surface area (Å²) in [5.74, 6) is 1.01. The molecule has 1 N–H and O–H groups in total. The van der Waals surface area contributed by atoms with Crippen LogP contribution in [0.15, 0.2) is 12.2 Å². The maximum atomic E-state index is 11.5. The SMILES string of the molecule is CCCC[C@H](C)C[C@H](O)/C=C/[C@@H]1[C@H]2CC(C(I)CCCC(=O)OC)O[C@H]2C[C@H]1OC1CCCCO1. The number of aliphatic hydroxyl groups is 1. The number of carbonyl (C=O) groups is 1. The van der Waals surface area contributed by atoms with E-state index < -0.39 is 6.10 Å². The minimum absolute atomic E-state index is 0.0713. The van der Waals surface area contributed by atoms with Gasteiger partial charge in [-0.15, -0.1) is 0 Å². The van der Waals surface area contributed by atoms with Gasteiger partial charge < -0.3 is 24.1 Å². The van der Waals surface area contributed by atoms with Crippen molar-refractivity contribution < 1.29 is 28.8 Å². The van der Waals surface area contributed by atoms with Gasteiger partial charge in [0.1, 0.15) is 0 Å². The Balaban J connectivity index is 1.58. The van der Waals surface area contributed by atoms with Crippen LogP contribution >= 0.6 is 22.6 Å². The van der Waals surface area contributed by atoms with Crippen LogP contribution in [0.5, 0.6) is 0 Å². The van der Waals surface area contributed by atoms with Crippen molar-refractivity contribution in [3.05, 3.63) is 12.2 Å². The second-order valence-corrected chi connectivity index (χ2v) is 12.4. The molecular weight excluding hydrogens is 559 g/mol. The third-order valence-electron chi connectivity index (χ3n) is 7.93. The molecule has 7 heteroatoms. The summed E-state index contributed by atoms with van der Waals surface area (Å²) in [6, 6.07) is 0. The number of rotatable bonds is 14. The van der Waals surface area contributed by atoms with E-state index in [2.05, 4.69) is 42.5 Å². The first-order chi connectivity index (χ1) is 16.9. The number of aliphatic hydroxyl groups excluding tert-OH is 1. The molecule has 3 unspecified atom stereocenters. The summed E-state index contributed by atoms with van der Waals surface area (Å²) in [4.78, 5) is 11.5. The van der Waals surface area contributed by atoms with Crippen molar-refractivity contribution in [1.82, 2.24) is 0 Å². The van der Waals surface area contributed by atoms with Crippen LogP contribution in [0.4, 0.5) is 0 Å². The van der Waals surface area contributed by atoms with Crippen molar-refractivity contribution >= 4 is 28.6 Å². The van der Waals surface area contributed by atoms with Crippen LogP contribution in [0.25, 0.3) is 0 Å². The Morgan fingerprint density at radius 1 is 1.23 bits per heavy atom. The van der Waals surface area contributed by atoms with E-state index in [-0.39, 0.29) is 36.5 Å². The zero-order valence-electron chi connectivity index (χ0n) is 21.9. The number of unbranched alkanes of at least 4 members (excludes halogenated alkanes) is 1. The fourth-order valence-electron chi connectivity index (χ4n) is 5.90. The average molecular weight is 607 g/mol. The van der Waals surface area contributed by atoms with Crippen molar-refractivity contribution in [2.24, 2.45) is 17.8 Å². The molecular formula is C28H47IO6. The molecule has 2 heterocycles. The molecule has 1 aliphatic carbocycles. The Labute approximate surface area is 226 Å². The predicted octanol–water partition coefficient (Wildman–Crippen LogP) is 5.97. The molecule has 2 saturated heterocycles. The van der Waals surface area contributed by atoms with Gasteiger partial charge in [-0.1, -0.05) is 67.9 Å². The van der Waals surface area contributed by atoms with Gasteiger partial charge in [-0.25, -0.2) is 0 Å². The number of ether oxygens (including phenoxy) is 4. The van der Waals surface area contributed by atoms with Crippen molar-refractivity contribution in [3.8, 4) is 0 Å². The van der Waals surface area contributed by atoms with Gasteiger partial charge in [0.25, 0.3) is 0 Å². The van der Waals surface area contributed by atoms with E-state index in [9.17, 15) is 9.90 Å². The zero-order valence-corrected chi connectivity index (χ0v) is 24.1. The van der Waals surface area contributed by atoms with Crippen molar-refractivity contribution in [2.75, 3.05) is 13.7 Å². The second-order valence-electron chi connectivity index (χ2n) is 10.8. The summed E-state index contributed by atoms with van der Waals surface area (Å²) >= 11 is 2.49. The Kier molecular flexibility index (Phi) is 12.8. The summed E-state index contributed by atoms with van der Waals surface area (Å²) in [5, 5.41) is 10.7. The van der Waals surface area contributed by atoms with E-state index in [0.717, 1.165) is 58.0 Å². The van der Waals surface area contributed by atoms with E-state index in [1.807, 2.05) is 6.08 Å². The van der Waals surface area contributed by atoms with E-state index in [4.69, 9.17) is 18.9 Å². The highest BCUT2D eigenvalue weighted by Crippen LogP contribution is 2.47. The number of alkyl halides is 1. The van der Waals surface area contributed by atoms with Crippen LogP contribution in [0.1, 0.15) is 90.9 Å². The van der Waals surface area contributed by atoms with Gasteiger partial charge >= 0.3 is 5.97 Å². The number of methoxy groups -OCH3 is 1. The van der Waals surface area contributed by atoms with E-state index in [1.165, 1.54) is 26.4 Å². The molecule has 3 aliphatic rings. The second kappa shape index (κ2) is 15.3. The maximum Gasteiger partial charge on any atom is 0.305 e. The molecule has 2 aliphatic heterocycles. The highest BCUT2D eigenvalue weighted by Gasteiger charge is 2.50. The number of carbonyl (C=O) groups excluding carboxylic acids is 1. The number of hydrogen-bond acceptors (Lipinski definition) is 6. The van der Waals surface area contributed by atoms with Crippen molar-refractivity contribution in [1.29, 1.82) is 0 Å². The molecule has 1 saturated carbocycles. The van der Waals surface area contributed by atoms with E-state index in [1.54, 1.807) is 0 Å². The summed E-state index contributed by atoms with van der Waals surface area (Å²) in [5.41, 5.74) is 0. The molecule has 0 spiro atoms. The Hall–Kier alpha value is -0.220. The Bertz CT molecular complexity index is 651. The molecule has 9 atom stereocenters. The fraction of sp³-hybridized carbons (Fsp3) is 0.893. The van der Waals surface area contributed by atoms with Crippen LogP contribution in [0, 0.1) is 17.8 Å². The zero-order chi connectivity index (χ0) is 25.2. The molecule has 6 nitrogen and oxygen atoms in total. The quantitative estimate of drug-likeness (QED) is 0.114. The number of hydrogen-bond donors (Lipinski definition) is 1. The molecule has 0 amide bonds. The van der Waals surface area contributed by atoms with Crippen molar-refractivity contribution in [2.45, 2.75) is 126 Å². The van der Waals surface area contributed by atoms with Gasteiger partial charge in [0.2, 0.25) is 0 Å². The molecule has 0 bridgehead atoms. The fourth-order valence-corrected chi connectivity index (χ4v) is 6.81. The van der Waals surface area contributed by atoms with Gasteiger partial charge in [0, 0.05) is 29.3 Å². The highest BCUT2D eigenvalue weighted by atomic mass is 127. The molecule has 0 aromatic heterocycles. The number of esters is 1. The van der Waals surface area contributed by atoms with Gasteiger partial charge in [-0.3, -0.25) is 4.79 Å². The van der Waals surface area contributed by atoms with Gasteiger partial charge in [-0.2, -0.15) is 0 Å². The van der Waals surface area contributed by atoms with E-state index >= 15 is 0 Å². The van der Waals surface area contributed by atoms with Gasteiger partial charge in [0.05, 0.1) is 31.5 Å². The summed E-state index contributed by atoms with van der Waals surface area (Å²) < 4.78 is 24.1. The molecule has 0 aromatic rings. The lowest BCUT2D eigenvalue weighted by atomic mass is 9.88. The van der Waals surface area contributed by atoms with Crippen LogP contribution in [-0.4, -0.2) is 59.4 Å². The molecule has 0 radical (unpaired) electrons. The van der Waals surface area contributed by atoms with Crippen LogP contribution in [0.2, 0.25) is 0 Å². The maximum absolute atomic E-state index is 11.5. The molecule has 0 aromatic carbocycles. The van der Waals surface area contributed by atoms with Crippen LogP contribution in [0.3, 0.4) is 0 Å². The van der Waals surface area contributed by atoms with Crippen LogP contribution < -0.4 is 0 Å². The molecule has 3 rings (SSSR count). The lowest BCUT2D eigenvalue weighted by Crippen LogP contribution is -2.32. The first-order valence-electron chi connectivity index (χ1n) is 13.9. The Morgan fingerprint density at radius 2 is 2.06 bits per heavy atom. The van der Waals surface area contributed by atoms with Gasteiger partial charge in [0.15, 0.2) is 6.29 Å². The Morgan fingerprint density at radius 3 is 2.77 bits per heavy atom. The first kappa shape index (κ1) is 29.3. The summed E-state index contributed by atoms with van der Waals surface area (Å²) in [6.07, 6.45) is 15.9. The molecule has 202 valence electrons. The highest BCUT2D eigenvalue weighted by molar-refractivity contribution is 14.1. The number of halogens is 1. The smallest absolute Gasteiger partial charge is 0.305 e. The summed E-state index contributed by atoms with van der Waals surface area (Å²) in [7, 11) is 1.44. The summed E-state index contributed by atoms with van der Waals surface area (Å²) in [6.45, 7) is 5.23. The lowest BCUT2D eigenvalue weighted by Gasteiger charge is -2.30. The third kappa shape index (κ3) is 9.24. The monoisotopic (exact) mass is 606 g/mol. The molecule has 35 heavy (non-hydrogen) atoms. The first-order valence-corrected chi connectivity index (χ1v) is 15.2. The predicted molar refractivity (Wildman–Crippen MR) is 145 cm³/mol. The largest absolute Gasteiger partial charge is 0.469 e. The number of fused-ring (bicyclic) bond motifs is 1. The molecule has 3 fully saturated rings. The standard InChI is InChI=1S/C28H47IO6/c1-4-5-9-19(2)16-20(30)13-14-21-22-17-26(23(29)10-8-11-27(31)32-3)34-25(22)18-24(21)35-28-12-6-7-15-33-28/h13-14,19-26,28,30H,4-12,15-18H2,1-3H3/b14-13+/t19-,20+,21+,22+,23?,24+,25-,26?,28?/m0/s1. The third-order valence-corrected chi connectivity index (χ3v) is 9.35. The van der Waals surface area contributed by atoms with Crippen molar-refractivity contribution in [3.63, 3.8) is 0 Å². The van der Waals surface area contributed by atoms with E-state index in [0.29, 0.717) is 22.2 Å². The minimum Gasteiger partial charge on any atom is -0.469 e. The van der Waals surface area contributed by atoms with Crippen LogP contribution in [-0.2, 0) is 23.7 Å². The topological polar surface area (TPSA) is 74.2 Å².